The summed E-state index contributed by atoms with van der Waals surface area (Å²) < 4.78 is 4.92. The van der Waals surface area contributed by atoms with Crippen LogP contribution in [0, 0.1) is 0 Å². The number of hydrogen-bond acceptors (Lipinski definition) is 5. The molecular weight excluding hydrogens is 386 g/mol. The van der Waals surface area contributed by atoms with Crippen LogP contribution in [0.5, 0.6) is 0 Å². The van der Waals surface area contributed by atoms with Crippen LogP contribution in [-0.4, -0.2) is 70.7 Å². The Kier molecular flexibility index (Phi) is 7.68. The number of hydrogen-bond donors (Lipinski definition) is 2. The van der Waals surface area contributed by atoms with Crippen LogP contribution in [0.1, 0.15) is 44.6 Å². The van der Waals surface area contributed by atoms with Gasteiger partial charge in [0.05, 0.1) is 25.2 Å². The first-order valence-corrected chi connectivity index (χ1v) is 10.7. The summed E-state index contributed by atoms with van der Waals surface area (Å²) in [5.41, 5.74) is 0.995. The van der Waals surface area contributed by atoms with Gasteiger partial charge in [-0.3, -0.25) is 9.59 Å². The van der Waals surface area contributed by atoms with Crippen LogP contribution >= 0.6 is 0 Å². The number of rotatable bonds is 7. The standard InChI is InChI=1S/C22H31N3O5/c1-2-30-20(27)14-19(26)17-10-6-12-24(17)21(28)18-11-7-13-25(18)22(29)23-15-16-8-4-3-5-9-16/h3-5,8-9,17-19,26H,2,6-7,10-15H2,1H3,(H,23,29). The van der Waals surface area contributed by atoms with E-state index in [0.29, 0.717) is 32.5 Å². The average Bonchev–Trinajstić information content (AvgIpc) is 3.42. The number of likely N-dealkylation sites (tertiary alicyclic amines) is 2. The van der Waals surface area contributed by atoms with Gasteiger partial charge in [-0.1, -0.05) is 30.3 Å². The van der Waals surface area contributed by atoms with Crippen molar-refractivity contribution in [2.75, 3.05) is 19.7 Å². The Morgan fingerprint density at radius 2 is 1.83 bits per heavy atom. The highest BCUT2D eigenvalue weighted by Gasteiger charge is 2.42. The van der Waals surface area contributed by atoms with Crippen molar-refractivity contribution in [1.29, 1.82) is 0 Å². The summed E-state index contributed by atoms with van der Waals surface area (Å²) in [4.78, 5) is 40.9. The first kappa shape index (κ1) is 22.1. The molecule has 3 unspecified atom stereocenters. The second-order valence-corrected chi connectivity index (χ2v) is 7.81. The second-order valence-electron chi connectivity index (χ2n) is 7.81. The fourth-order valence-corrected chi connectivity index (χ4v) is 4.33. The van der Waals surface area contributed by atoms with E-state index < -0.39 is 24.2 Å². The molecule has 2 aliphatic rings. The summed E-state index contributed by atoms with van der Waals surface area (Å²) in [6.07, 6.45) is 1.68. The van der Waals surface area contributed by atoms with Crippen molar-refractivity contribution in [2.24, 2.45) is 0 Å². The molecule has 3 rings (SSSR count). The first-order chi connectivity index (χ1) is 14.5. The molecule has 2 aliphatic heterocycles. The van der Waals surface area contributed by atoms with Crippen LogP contribution in [0.25, 0.3) is 0 Å². The quantitative estimate of drug-likeness (QED) is 0.658. The average molecular weight is 418 g/mol. The maximum atomic E-state index is 13.2. The van der Waals surface area contributed by atoms with Crippen molar-refractivity contribution in [3.05, 3.63) is 35.9 Å². The Morgan fingerprint density at radius 3 is 2.57 bits per heavy atom. The Morgan fingerprint density at radius 1 is 1.13 bits per heavy atom. The molecule has 2 N–H and O–H groups in total. The molecule has 8 heteroatoms. The number of urea groups is 1. The molecule has 2 fully saturated rings. The number of aliphatic hydroxyl groups excluding tert-OH is 1. The largest absolute Gasteiger partial charge is 0.466 e. The fraction of sp³-hybridized carbons (Fsp3) is 0.591. The summed E-state index contributed by atoms with van der Waals surface area (Å²) in [6.45, 7) is 3.43. The molecule has 1 aromatic carbocycles. The monoisotopic (exact) mass is 417 g/mol. The Bertz CT molecular complexity index is 742. The number of carbonyl (C=O) groups excluding carboxylic acids is 3. The summed E-state index contributed by atoms with van der Waals surface area (Å²) >= 11 is 0. The van der Waals surface area contributed by atoms with Crippen LogP contribution in [0.4, 0.5) is 4.79 Å². The molecule has 2 saturated heterocycles. The Hall–Kier alpha value is -2.61. The number of carbonyl (C=O) groups is 3. The second kappa shape index (κ2) is 10.4. The highest BCUT2D eigenvalue weighted by Crippen LogP contribution is 2.27. The highest BCUT2D eigenvalue weighted by atomic mass is 16.5. The zero-order valence-electron chi connectivity index (χ0n) is 17.5. The number of aliphatic hydroxyl groups is 1. The lowest BCUT2D eigenvalue weighted by Crippen LogP contribution is -2.53. The summed E-state index contributed by atoms with van der Waals surface area (Å²) in [7, 11) is 0. The van der Waals surface area contributed by atoms with Crippen molar-refractivity contribution in [3.63, 3.8) is 0 Å². The number of amides is 3. The number of ether oxygens (including phenoxy) is 1. The van der Waals surface area contributed by atoms with Gasteiger partial charge in [-0.2, -0.15) is 0 Å². The lowest BCUT2D eigenvalue weighted by atomic mass is 10.0. The van der Waals surface area contributed by atoms with E-state index in [1.165, 1.54) is 0 Å². The third-order valence-electron chi connectivity index (χ3n) is 5.79. The van der Waals surface area contributed by atoms with Gasteiger partial charge < -0.3 is 25.0 Å². The minimum atomic E-state index is -0.961. The number of nitrogens with one attached hydrogen (secondary N) is 1. The molecule has 0 saturated carbocycles. The van der Waals surface area contributed by atoms with E-state index in [4.69, 9.17) is 4.74 Å². The van der Waals surface area contributed by atoms with Gasteiger partial charge in [0, 0.05) is 19.6 Å². The molecule has 30 heavy (non-hydrogen) atoms. The normalized spacial score (nSPS) is 22.1. The molecule has 0 aromatic heterocycles. The highest BCUT2D eigenvalue weighted by molar-refractivity contribution is 5.88. The number of benzene rings is 1. The molecule has 3 amide bonds. The van der Waals surface area contributed by atoms with Crippen molar-refractivity contribution >= 4 is 17.9 Å². The van der Waals surface area contributed by atoms with Gasteiger partial charge in [0.2, 0.25) is 5.91 Å². The zero-order chi connectivity index (χ0) is 21.5. The van der Waals surface area contributed by atoms with E-state index in [-0.39, 0.29) is 25.0 Å². The van der Waals surface area contributed by atoms with E-state index in [1.54, 1.807) is 16.7 Å². The van der Waals surface area contributed by atoms with E-state index in [9.17, 15) is 19.5 Å². The predicted octanol–water partition coefficient (Wildman–Crippen LogP) is 1.67. The van der Waals surface area contributed by atoms with Crippen LogP contribution in [-0.2, 0) is 20.9 Å². The smallest absolute Gasteiger partial charge is 0.318 e. The molecule has 0 bridgehead atoms. The minimum Gasteiger partial charge on any atom is -0.466 e. The molecule has 8 nitrogen and oxygen atoms in total. The van der Waals surface area contributed by atoms with Gasteiger partial charge in [-0.05, 0) is 38.2 Å². The van der Waals surface area contributed by atoms with Gasteiger partial charge >= 0.3 is 12.0 Å². The minimum absolute atomic E-state index is 0.131. The van der Waals surface area contributed by atoms with Crippen molar-refractivity contribution in [3.8, 4) is 0 Å². The zero-order valence-corrected chi connectivity index (χ0v) is 17.5. The van der Waals surface area contributed by atoms with Crippen LogP contribution in [0.2, 0.25) is 0 Å². The SMILES string of the molecule is CCOC(=O)CC(O)C1CCCN1C(=O)C1CCCN1C(=O)NCc1ccccc1. The summed E-state index contributed by atoms with van der Waals surface area (Å²) in [5.74, 6) is -0.611. The van der Waals surface area contributed by atoms with E-state index >= 15 is 0 Å². The van der Waals surface area contributed by atoms with Gasteiger partial charge in [0.15, 0.2) is 0 Å². The molecule has 2 heterocycles. The maximum Gasteiger partial charge on any atom is 0.318 e. The summed E-state index contributed by atoms with van der Waals surface area (Å²) in [5, 5.41) is 13.4. The molecular formula is C22H31N3O5. The molecule has 164 valence electrons. The summed E-state index contributed by atoms with van der Waals surface area (Å²) in [6, 6.07) is 8.42. The predicted molar refractivity (Wildman–Crippen MR) is 110 cm³/mol. The van der Waals surface area contributed by atoms with Crippen molar-refractivity contribution in [2.45, 2.75) is 63.8 Å². The molecule has 1 aromatic rings. The van der Waals surface area contributed by atoms with Gasteiger partial charge in [-0.15, -0.1) is 0 Å². The van der Waals surface area contributed by atoms with Gasteiger partial charge in [-0.25, -0.2) is 4.79 Å². The van der Waals surface area contributed by atoms with Crippen LogP contribution < -0.4 is 5.32 Å². The Labute approximate surface area is 177 Å². The Balaban J connectivity index is 1.59. The van der Waals surface area contributed by atoms with Crippen molar-refractivity contribution < 1.29 is 24.2 Å². The van der Waals surface area contributed by atoms with Gasteiger partial charge in [0.1, 0.15) is 6.04 Å². The molecule has 0 spiro atoms. The third kappa shape index (κ3) is 5.30. The van der Waals surface area contributed by atoms with Gasteiger partial charge in [0.25, 0.3) is 0 Å². The van der Waals surface area contributed by atoms with E-state index in [2.05, 4.69) is 5.32 Å². The van der Waals surface area contributed by atoms with Crippen LogP contribution in [0.15, 0.2) is 30.3 Å². The third-order valence-corrected chi connectivity index (χ3v) is 5.79. The van der Waals surface area contributed by atoms with Crippen LogP contribution in [0.3, 0.4) is 0 Å². The lowest BCUT2D eigenvalue weighted by Gasteiger charge is -2.33. The van der Waals surface area contributed by atoms with E-state index in [0.717, 1.165) is 18.4 Å². The number of esters is 1. The maximum absolute atomic E-state index is 13.2. The van der Waals surface area contributed by atoms with E-state index in [1.807, 2.05) is 30.3 Å². The molecule has 3 atom stereocenters. The fourth-order valence-electron chi connectivity index (χ4n) is 4.33. The lowest BCUT2D eigenvalue weighted by molar-refractivity contribution is -0.148. The molecule has 0 radical (unpaired) electrons. The molecule has 0 aliphatic carbocycles. The first-order valence-electron chi connectivity index (χ1n) is 10.7. The number of nitrogens with zero attached hydrogens (tertiary/aromatic N) is 2. The topological polar surface area (TPSA) is 99.2 Å². The van der Waals surface area contributed by atoms with Crippen molar-refractivity contribution in [1.82, 2.24) is 15.1 Å².